The zero-order valence-electron chi connectivity index (χ0n) is 17.1. The van der Waals surface area contributed by atoms with Gasteiger partial charge in [0.1, 0.15) is 27.7 Å². The molecule has 32 heavy (non-hydrogen) atoms. The molecular weight excluding hydrogens is 448 g/mol. The van der Waals surface area contributed by atoms with E-state index in [0.29, 0.717) is 17.0 Å². The lowest BCUT2D eigenvalue weighted by molar-refractivity contribution is -0.117. The average molecular weight is 469 g/mol. The molecule has 1 heterocycles. The van der Waals surface area contributed by atoms with Gasteiger partial charge in [-0.25, -0.2) is 8.42 Å². The van der Waals surface area contributed by atoms with Crippen molar-refractivity contribution < 1.29 is 17.9 Å². The number of ether oxygens (including phenoxy) is 1. The number of para-hydroxylation sites is 2. The Morgan fingerprint density at radius 2 is 1.75 bits per heavy atom. The van der Waals surface area contributed by atoms with Crippen molar-refractivity contribution in [3.05, 3.63) is 78.4 Å². The highest BCUT2D eigenvalue weighted by molar-refractivity contribution is 7.89. The second-order valence-corrected chi connectivity index (χ2v) is 9.15. The van der Waals surface area contributed by atoms with Gasteiger partial charge in [0.2, 0.25) is 15.9 Å². The van der Waals surface area contributed by atoms with E-state index in [-0.39, 0.29) is 16.8 Å². The van der Waals surface area contributed by atoms with Crippen LogP contribution < -0.4 is 14.8 Å². The lowest BCUT2D eigenvalue weighted by Gasteiger charge is -2.19. The maximum atomic E-state index is 13.2. The summed E-state index contributed by atoms with van der Waals surface area (Å²) in [5.74, 6) is -0.0361. The fourth-order valence-electron chi connectivity index (χ4n) is 3.25. The van der Waals surface area contributed by atoms with Gasteiger partial charge in [0.15, 0.2) is 0 Å². The number of carbonyl (C=O) groups excluding carboxylic acids is 1. The number of fused-ring (bicyclic) bond motifs is 1. The highest BCUT2D eigenvalue weighted by Crippen LogP contribution is 2.24. The number of aromatic nitrogens is 2. The molecule has 0 aliphatic carbocycles. The third-order valence-electron chi connectivity index (χ3n) is 4.80. The zero-order chi connectivity index (χ0) is 22.6. The van der Waals surface area contributed by atoms with Crippen LogP contribution in [0.25, 0.3) is 11.0 Å². The molecule has 1 aromatic heterocycles. The van der Waals surface area contributed by atoms with Gasteiger partial charge < -0.3 is 10.1 Å². The molecule has 0 unspecified atom stereocenters. The molecule has 1 amide bonds. The molecule has 0 saturated carbocycles. The molecule has 0 aliphatic heterocycles. The fraction of sp³-hybridized carbons (Fsp3) is 0.136. The number of methoxy groups -OCH3 is 1. The monoisotopic (exact) mass is 468 g/mol. The molecule has 0 saturated heterocycles. The van der Waals surface area contributed by atoms with Crippen molar-refractivity contribution in [1.82, 2.24) is 13.5 Å². The van der Waals surface area contributed by atoms with E-state index in [1.165, 1.54) is 13.2 Å². The molecule has 1 atom stereocenters. The van der Waals surface area contributed by atoms with Crippen LogP contribution in [0.4, 0.5) is 5.69 Å². The van der Waals surface area contributed by atoms with Gasteiger partial charge in [0.05, 0.1) is 24.5 Å². The number of hydrogen-bond donors (Lipinski definition) is 2. The first-order valence-corrected chi connectivity index (χ1v) is 11.9. The molecule has 2 N–H and O–H groups in total. The standard InChI is InChI=1S/C22H20N4O4S2/c1-30-19-12-6-5-10-16(19)23-22(27)18(14-15-8-3-2-4-9-15)26-32(28,29)20-13-7-11-17-21(20)25-31-24-17/h2-13,18,26H,14H2,1H3,(H,23,27)/t18-/m0/s1. The van der Waals surface area contributed by atoms with Crippen LogP contribution in [0.1, 0.15) is 5.56 Å². The van der Waals surface area contributed by atoms with Gasteiger partial charge in [-0.15, -0.1) is 0 Å². The number of amides is 1. The minimum Gasteiger partial charge on any atom is -0.495 e. The molecule has 0 aliphatic rings. The van der Waals surface area contributed by atoms with Crippen LogP contribution in [0.3, 0.4) is 0 Å². The average Bonchev–Trinajstić information content (AvgIpc) is 3.28. The van der Waals surface area contributed by atoms with Crippen LogP contribution in [0.15, 0.2) is 77.7 Å². The molecule has 164 valence electrons. The van der Waals surface area contributed by atoms with Gasteiger partial charge in [-0.3, -0.25) is 4.79 Å². The fourth-order valence-corrected chi connectivity index (χ4v) is 5.22. The van der Waals surface area contributed by atoms with Crippen molar-refractivity contribution in [1.29, 1.82) is 0 Å². The number of carbonyl (C=O) groups is 1. The Morgan fingerprint density at radius 3 is 2.53 bits per heavy atom. The smallest absolute Gasteiger partial charge is 0.243 e. The second kappa shape index (κ2) is 9.43. The summed E-state index contributed by atoms with van der Waals surface area (Å²) in [5.41, 5.74) is 2.01. The maximum absolute atomic E-state index is 13.2. The maximum Gasteiger partial charge on any atom is 0.243 e. The van der Waals surface area contributed by atoms with E-state index >= 15 is 0 Å². The van der Waals surface area contributed by atoms with Crippen LogP contribution in [0, 0.1) is 0 Å². The number of nitrogens with zero attached hydrogens (tertiary/aromatic N) is 2. The molecular formula is C22H20N4O4S2. The van der Waals surface area contributed by atoms with Gasteiger partial charge >= 0.3 is 0 Å². The first-order chi connectivity index (χ1) is 15.5. The summed E-state index contributed by atoms with van der Waals surface area (Å²) in [4.78, 5) is 13.2. The third kappa shape index (κ3) is 4.77. The van der Waals surface area contributed by atoms with Gasteiger partial charge in [0.25, 0.3) is 0 Å². The molecule has 0 fully saturated rings. The molecule has 4 aromatic rings. The predicted molar refractivity (Wildman–Crippen MR) is 123 cm³/mol. The van der Waals surface area contributed by atoms with E-state index in [0.717, 1.165) is 17.3 Å². The normalized spacial score (nSPS) is 12.4. The van der Waals surface area contributed by atoms with Crippen molar-refractivity contribution in [3.8, 4) is 5.75 Å². The van der Waals surface area contributed by atoms with Gasteiger partial charge in [-0.1, -0.05) is 48.5 Å². The van der Waals surface area contributed by atoms with Crippen LogP contribution in [0.5, 0.6) is 5.75 Å². The van der Waals surface area contributed by atoms with E-state index in [9.17, 15) is 13.2 Å². The molecule has 10 heteroatoms. The van der Waals surface area contributed by atoms with E-state index in [1.54, 1.807) is 36.4 Å². The molecule has 8 nitrogen and oxygen atoms in total. The largest absolute Gasteiger partial charge is 0.495 e. The van der Waals surface area contributed by atoms with Crippen molar-refractivity contribution in [2.24, 2.45) is 0 Å². The Balaban J connectivity index is 1.66. The third-order valence-corrected chi connectivity index (χ3v) is 6.85. The van der Waals surface area contributed by atoms with E-state index < -0.39 is 22.0 Å². The lowest BCUT2D eigenvalue weighted by Crippen LogP contribution is -2.45. The zero-order valence-corrected chi connectivity index (χ0v) is 18.7. The van der Waals surface area contributed by atoms with Gasteiger partial charge in [-0.2, -0.15) is 13.5 Å². The Morgan fingerprint density at radius 1 is 1.00 bits per heavy atom. The SMILES string of the molecule is COc1ccccc1NC(=O)[C@H](Cc1ccccc1)NS(=O)(=O)c1cccc2nsnc12. The second-order valence-electron chi connectivity index (χ2n) is 6.94. The molecule has 0 spiro atoms. The first-order valence-electron chi connectivity index (χ1n) is 9.69. The predicted octanol–water partition coefficient (Wildman–Crippen LogP) is 3.23. The summed E-state index contributed by atoms with van der Waals surface area (Å²) in [6.45, 7) is 0. The van der Waals surface area contributed by atoms with Crippen LogP contribution in [-0.2, 0) is 21.2 Å². The summed E-state index contributed by atoms with van der Waals surface area (Å²) in [7, 11) is -2.57. The minimum absolute atomic E-state index is 0.0214. The number of hydrogen-bond acceptors (Lipinski definition) is 7. The number of sulfonamides is 1. The van der Waals surface area contributed by atoms with Crippen LogP contribution in [-0.4, -0.2) is 36.2 Å². The van der Waals surface area contributed by atoms with Crippen LogP contribution >= 0.6 is 11.7 Å². The van der Waals surface area contributed by atoms with Crippen molar-refractivity contribution >= 4 is 44.4 Å². The highest BCUT2D eigenvalue weighted by atomic mass is 32.2. The van der Waals surface area contributed by atoms with Gasteiger partial charge in [-0.05, 0) is 36.2 Å². The molecule has 3 aromatic carbocycles. The van der Waals surface area contributed by atoms with Crippen LogP contribution in [0.2, 0.25) is 0 Å². The Hall–Kier alpha value is -3.34. The minimum atomic E-state index is -4.07. The van der Waals surface area contributed by atoms with Crippen molar-refractivity contribution in [2.45, 2.75) is 17.4 Å². The molecule has 4 rings (SSSR count). The van der Waals surface area contributed by atoms with Gasteiger partial charge in [0, 0.05) is 0 Å². The summed E-state index contributed by atoms with van der Waals surface area (Å²) < 4.78 is 42.5. The van der Waals surface area contributed by atoms with E-state index in [2.05, 4.69) is 18.8 Å². The first kappa shape index (κ1) is 21.9. The van der Waals surface area contributed by atoms with E-state index in [4.69, 9.17) is 4.74 Å². The quantitative estimate of drug-likeness (QED) is 0.411. The summed E-state index contributed by atoms with van der Waals surface area (Å²) in [6.07, 6.45) is 0.159. The number of anilines is 1. The van der Waals surface area contributed by atoms with E-state index in [1.807, 2.05) is 30.3 Å². The topological polar surface area (TPSA) is 110 Å². The number of rotatable bonds is 8. The summed E-state index contributed by atoms with van der Waals surface area (Å²) in [6, 6.07) is 19.8. The highest BCUT2D eigenvalue weighted by Gasteiger charge is 2.28. The van der Waals surface area contributed by atoms with Crippen molar-refractivity contribution in [2.75, 3.05) is 12.4 Å². The Bertz CT molecular complexity index is 1340. The van der Waals surface area contributed by atoms with Crippen molar-refractivity contribution in [3.63, 3.8) is 0 Å². The number of nitrogens with one attached hydrogen (secondary N) is 2. The number of benzene rings is 3. The summed E-state index contributed by atoms with van der Waals surface area (Å²) in [5, 5.41) is 2.77. The lowest BCUT2D eigenvalue weighted by atomic mass is 10.1. The molecule has 0 bridgehead atoms. The Labute approximate surface area is 189 Å². The molecule has 0 radical (unpaired) electrons. The summed E-state index contributed by atoms with van der Waals surface area (Å²) >= 11 is 0.931. The Kier molecular flexibility index (Phi) is 6.45.